The van der Waals surface area contributed by atoms with Crippen LogP contribution in [0.2, 0.25) is 0 Å². The largest absolute Gasteiger partial charge is 0.435 e. The summed E-state index contributed by atoms with van der Waals surface area (Å²) in [5, 5.41) is 10.7. The summed E-state index contributed by atoms with van der Waals surface area (Å²) in [6.07, 6.45) is -3.32. The molecule has 0 unspecified atom stereocenters. The maximum atomic E-state index is 12.5. The molecule has 2 aromatic heterocycles. The van der Waals surface area contributed by atoms with E-state index in [1.807, 2.05) is 0 Å². The Kier molecular flexibility index (Phi) is 2.24. The van der Waals surface area contributed by atoms with Gasteiger partial charge in [-0.05, 0) is 28.5 Å². The van der Waals surface area contributed by atoms with E-state index >= 15 is 0 Å². The van der Waals surface area contributed by atoms with E-state index in [1.54, 1.807) is 0 Å². The molecule has 3 rings (SSSR count). The van der Waals surface area contributed by atoms with Gasteiger partial charge in [-0.25, -0.2) is 9.31 Å². The number of nitrogens with two attached hydrogens (primary N) is 1. The topological polar surface area (TPSA) is 82.8 Å². The summed E-state index contributed by atoms with van der Waals surface area (Å²) >= 11 is 0. The van der Waals surface area contributed by atoms with Crippen LogP contribution in [0.4, 0.5) is 18.9 Å². The number of hydrogen-bond acceptors (Lipinski definition) is 5. The van der Waals surface area contributed by atoms with E-state index in [-0.39, 0.29) is 11.0 Å². The van der Waals surface area contributed by atoms with E-state index in [4.69, 9.17) is 5.73 Å². The molecule has 19 heavy (non-hydrogen) atoms. The smallest absolute Gasteiger partial charge is 0.397 e. The van der Waals surface area contributed by atoms with Crippen molar-refractivity contribution in [2.75, 3.05) is 5.73 Å². The van der Waals surface area contributed by atoms with Crippen LogP contribution in [0.1, 0.15) is 5.69 Å². The van der Waals surface area contributed by atoms with Gasteiger partial charge in [0.15, 0.2) is 16.7 Å². The van der Waals surface area contributed by atoms with Crippen molar-refractivity contribution in [3.05, 3.63) is 30.1 Å². The number of anilines is 1. The number of aromatic nitrogens is 4. The lowest BCUT2D eigenvalue weighted by atomic mass is 10.2. The van der Waals surface area contributed by atoms with Crippen LogP contribution in [-0.4, -0.2) is 20.1 Å². The van der Waals surface area contributed by atoms with E-state index in [9.17, 15) is 13.2 Å². The van der Waals surface area contributed by atoms with Crippen LogP contribution in [0.3, 0.4) is 0 Å². The summed E-state index contributed by atoms with van der Waals surface area (Å²) in [5.41, 5.74) is 5.81. The zero-order valence-electron chi connectivity index (χ0n) is 9.22. The number of fused-ring (bicyclic) bond motifs is 1. The zero-order chi connectivity index (χ0) is 13.6. The monoisotopic (exact) mass is 269 g/mol. The predicted octanol–water partition coefficient (Wildman–Crippen LogP) is 2.01. The minimum atomic E-state index is -4.50. The highest BCUT2D eigenvalue weighted by Gasteiger charge is 2.33. The van der Waals surface area contributed by atoms with Crippen molar-refractivity contribution in [3.63, 3.8) is 0 Å². The molecular weight excluding hydrogens is 263 g/mol. The number of nitrogen functional groups attached to an aromatic ring is 1. The summed E-state index contributed by atoms with van der Waals surface area (Å²) in [6.45, 7) is 0. The summed E-state index contributed by atoms with van der Waals surface area (Å²) < 4.78 is 43.1. The van der Waals surface area contributed by atoms with Crippen molar-refractivity contribution in [2.24, 2.45) is 0 Å². The zero-order valence-corrected chi connectivity index (χ0v) is 9.22. The number of hydrogen-bond donors (Lipinski definition) is 1. The molecule has 0 aliphatic carbocycles. The van der Waals surface area contributed by atoms with Crippen molar-refractivity contribution in [1.82, 2.24) is 20.1 Å². The van der Waals surface area contributed by atoms with Crippen molar-refractivity contribution in [1.29, 1.82) is 0 Å². The lowest BCUT2D eigenvalue weighted by Crippen LogP contribution is -2.07. The minimum Gasteiger partial charge on any atom is -0.397 e. The lowest BCUT2D eigenvalue weighted by Gasteiger charge is -2.03. The van der Waals surface area contributed by atoms with Crippen LogP contribution in [0.5, 0.6) is 0 Å². The molecule has 6 nitrogen and oxygen atoms in total. The van der Waals surface area contributed by atoms with Gasteiger partial charge in [0.1, 0.15) is 0 Å². The van der Waals surface area contributed by atoms with Gasteiger partial charge in [0.05, 0.1) is 11.4 Å². The van der Waals surface area contributed by atoms with Gasteiger partial charge < -0.3 is 5.73 Å². The standard InChI is InChI=1S/C10H6F3N5O/c11-10(12,13)7-3-4-18(15-7)6-2-1-5(14)8-9(6)17-19-16-8/h1-4H,14H2. The van der Waals surface area contributed by atoms with Gasteiger partial charge in [0.2, 0.25) is 0 Å². The summed E-state index contributed by atoms with van der Waals surface area (Å²) in [7, 11) is 0. The molecule has 1 aromatic carbocycles. The molecule has 2 N–H and O–H groups in total. The molecule has 3 aromatic rings. The van der Waals surface area contributed by atoms with E-state index in [1.165, 1.54) is 18.3 Å². The summed E-state index contributed by atoms with van der Waals surface area (Å²) in [5.74, 6) is 0. The number of nitrogens with zero attached hydrogens (tertiary/aromatic N) is 4. The molecule has 9 heteroatoms. The second-order valence-corrected chi connectivity index (χ2v) is 3.78. The van der Waals surface area contributed by atoms with Gasteiger partial charge in [0, 0.05) is 6.20 Å². The van der Waals surface area contributed by atoms with E-state index in [2.05, 4.69) is 20.0 Å². The molecule has 0 aliphatic rings. The van der Waals surface area contributed by atoms with E-state index in [0.29, 0.717) is 11.4 Å². The normalized spacial score (nSPS) is 12.2. The molecule has 0 atom stereocenters. The summed E-state index contributed by atoms with van der Waals surface area (Å²) in [6, 6.07) is 3.86. The molecule has 0 amide bonds. The Labute approximate surface area is 103 Å². The Morgan fingerprint density at radius 3 is 2.53 bits per heavy atom. The fraction of sp³-hybridized carbons (Fsp3) is 0.100. The van der Waals surface area contributed by atoms with Crippen LogP contribution in [0.25, 0.3) is 16.7 Å². The fourth-order valence-electron chi connectivity index (χ4n) is 1.67. The quantitative estimate of drug-likeness (QED) is 0.683. The predicted molar refractivity (Wildman–Crippen MR) is 58.3 cm³/mol. The van der Waals surface area contributed by atoms with Crippen LogP contribution in [-0.2, 0) is 6.18 Å². The highest BCUT2D eigenvalue weighted by molar-refractivity contribution is 5.91. The Hall–Kier alpha value is -2.58. The number of alkyl halides is 3. The molecule has 0 fully saturated rings. The molecule has 98 valence electrons. The third-order valence-corrected chi connectivity index (χ3v) is 2.55. The van der Waals surface area contributed by atoms with Crippen molar-refractivity contribution in [3.8, 4) is 5.69 Å². The average molecular weight is 269 g/mol. The van der Waals surface area contributed by atoms with Crippen LogP contribution in [0.15, 0.2) is 29.0 Å². The minimum absolute atomic E-state index is 0.247. The fourth-order valence-corrected chi connectivity index (χ4v) is 1.67. The van der Waals surface area contributed by atoms with Gasteiger partial charge in [-0.3, -0.25) is 0 Å². The maximum Gasteiger partial charge on any atom is 0.435 e. The maximum absolute atomic E-state index is 12.5. The van der Waals surface area contributed by atoms with Crippen molar-refractivity contribution in [2.45, 2.75) is 6.18 Å². The molecule has 0 bridgehead atoms. The van der Waals surface area contributed by atoms with Gasteiger partial charge >= 0.3 is 6.18 Å². The molecule has 0 saturated heterocycles. The molecule has 0 radical (unpaired) electrons. The second-order valence-electron chi connectivity index (χ2n) is 3.78. The van der Waals surface area contributed by atoms with Gasteiger partial charge in [-0.15, -0.1) is 0 Å². The lowest BCUT2D eigenvalue weighted by molar-refractivity contribution is -0.141. The van der Waals surface area contributed by atoms with Crippen LogP contribution >= 0.6 is 0 Å². The van der Waals surface area contributed by atoms with Crippen LogP contribution < -0.4 is 5.73 Å². The molecule has 0 aliphatic heterocycles. The van der Waals surface area contributed by atoms with E-state index in [0.717, 1.165) is 10.7 Å². The Morgan fingerprint density at radius 1 is 1.11 bits per heavy atom. The third kappa shape index (κ3) is 1.79. The average Bonchev–Trinajstić information content (AvgIpc) is 2.97. The first-order valence-corrected chi connectivity index (χ1v) is 5.11. The number of halogens is 3. The van der Waals surface area contributed by atoms with Crippen molar-refractivity contribution < 1.29 is 17.8 Å². The SMILES string of the molecule is Nc1ccc(-n2ccc(C(F)(F)F)n2)c2nonc12. The second kappa shape index (κ2) is 3.70. The Balaban J connectivity index is 2.17. The first-order valence-electron chi connectivity index (χ1n) is 5.11. The van der Waals surface area contributed by atoms with Crippen molar-refractivity contribution >= 4 is 16.7 Å². The Bertz CT molecular complexity index is 745. The molecular formula is C10H6F3N5O. The highest BCUT2D eigenvalue weighted by atomic mass is 19.4. The molecule has 0 saturated carbocycles. The van der Waals surface area contributed by atoms with Crippen LogP contribution in [0, 0.1) is 0 Å². The van der Waals surface area contributed by atoms with Gasteiger partial charge in [-0.1, -0.05) is 0 Å². The summed E-state index contributed by atoms with van der Waals surface area (Å²) in [4.78, 5) is 0. The Morgan fingerprint density at radius 2 is 1.84 bits per heavy atom. The third-order valence-electron chi connectivity index (χ3n) is 2.55. The molecule has 0 spiro atoms. The number of benzene rings is 1. The first-order chi connectivity index (χ1) is 8.97. The van der Waals surface area contributed by atoms with Gasteiger partial charge in [0.25, 0.3) is 0 Å². The molecule has 2 heterocycles. The first kappa shape index (κ1) is 11.5. The van der Waals surface area contributed by atoms with E-state index < -0.39 is 11.9 Å². The van der Waals surface area contributed by atoms with Gasteiger partial charge in [-0.2, -0.15) is 18.3 Å². The highest BCUT2D eigenvalue weighted by Crippen LogP contribution is 2.29. The number of rotatable bonds is 1.